The first-order chi connectivity index (χ1) is 8.78. The van der Waals surface area contributed by atoms with Gasteiger partial charge in [0.2, 0.25) is 0 Å². The summed E-state index contributed by atoms with van der Waals surface area (Å²) in [5.74, 6) is 1.35. The monoisotopic (exact) mass is 258 g/mol. The van der Waals surface area contributed by atoms with Crippen molar-refractivity contribution in [3.8, 4) is 17.1 Å². The van der Waals surface area contributed by atoms with E-state index in [1.165, 1.54) is 11.3 Å². The summed E-state index contributed by atoms with van der Waals surface area (Å²) in [7, 11) is 1.62. The topological polar surface area (TPSA) is 55.0 Å². The maximum Gasteiger partial charge on any atom is 0.269 e. The number of ether oxygens (including phenoxy) is 1. The molecule has 0 saturated carbocycles. The first-order valence-electron chi connectivity index (χ1n) is 5.40. The summed E-state index contributed by atoms with van der Waals surface area (Å²) in [5.41, 5.74) is 1.50. The molecule has 0 unspecified atom stereocenters. The molecular formula is C13H10N2O2S. The second kappa shape index (κ2) is 4.27. The molecule has 3 rings (SSSR count). The number of rotatable bonds is 2. The van der Waals surface area contributed by atoms with Crippen LogP contribution in [0.2, 0.25) is 0 Å². The number of aromatic amines is 1. The van der Waals surface area contributed by atoms with Crippen LogP contribution in [0.5, 0.6) is 5.75 Å². The number of hydrogen-bond donors (Lipinski definition) is 1. The van der Waals surface area contributed by atoms with E-state index in [9.17, 15) is 4.79 Å². The van der Waals surface area contributed by atoms with Crippen molar-refractivity contribution in [2.45, 2.75) is 0 Å². The molecule has 2 heterocycles. The molecule has 2 aromatic heterocycles. The number of methoxy groups -OCH3 is 1. The predicted octanol–water partition coefficient (Wildman–Crippen LogP) is 2.66. The zero-order chi connectivity index (χ0) is 12.5. The van der Waals surface area contributed by atoms with Crippen LogP contribution in [0.15, 0.2) is 40.5 Å². The average Bonchev–Trinajstić information content (AvgIpc) is 2.88. The van der Waals surface area contributed by atoms with Gasteiger partial charge in [-0.2, -0.15) is 0 Å². The van der Waals surface area contributed by atoms with Crippen LogP contribution in [0.4, 0.5) is 0 Å². The Morgan fingerprint density at radius 2 is 2.00 bits per heavy atom. The van der Waals surface area contributed by atoms with Crippen molar-refractivity contribution in [1.29, 1.82) is 0 Å². The molecule has 1 aromatic carbocycles. The number of nitrogens with one attached hydrogen (secondary N) is 1. The van der Waals surface area contributed by atoms with E-state index in [4.69, 9.17) is 4.74 Å². The van der Waals surface area contributed by atoms with Crippen molar-refractivity contribution in [3.05, 3.63) is 46.1 Å². The predicted molar refractivity (Wildman–Crippen MR) is 72.2 cm³/mol. The SMILES string of the molecule is COc1ccc(-c2nc3ccsc3c(=O)[nH]2)cc1. The third-order valence-electron chi connectivity index (χ3n) is 2.68. The van der Waals surface area contributed by atoms with Gasteiger partial charge in [0, 0.05) is 5.56 Å². The highest BCUT2D eigenvalue weighted by Crippen LogP contribution is 2.21. The Kier molecular flexibility index (Phi) is 2.60. The lowest BCUT2D eigenvalue weighted by Crippen LogP contribution is -2.07. The van der Waals surface area contributed by atoms with Crippen LogP contribution in [-0.2, 0) is 0 Å². The minimum atomic E-state index is -0.0965. The molecule has 0 aliphatic heterocycles. The number of fused-ring (bicyclic) bond motifs is 1. The van der Waals surface area contributed by atoms with Gasteiger partial charge in [-0.1, -0.05) is 0 Å². The molecule has 0 saturated heterocycles. The van der Waals surface area contributed by atoms with Gasteiger partial charge in [0.15, 0.2) is 0 Å². The lowest BCUT2D eigenvalue weighted by molar-refractivity contribution is 0.415. The normalized spacial score (nSPS) is 10.7. The molecule has 90 valence electrons. The molecule has 0 spiro atoms. The van der Waals surface area contributed by atoms with Gasteiger partial charge in [0.1, 0.15) is 16.3 Å². The number of aromatic nitrogens is 2. The molecule has 18 heavy (non-hydrogen) atoms. The molecule has 0 atom stereocenters. The molecule has 0 fully saturated rings. The summed E-state index contributed by atoms with van der Waals surface area (Å²) in [6.45, 7) is 0. The van der Waals surface area contributed by atoms with Crippen LogP contribution < -0.4 is 10.3 Å². The molecule has 1 N–H and O–H groups in total. The maximum atomic E-state index is 11.8. The summed E-state index contributed by atoms with van der Waals surface area (Å²) >= 11 is 1.40. The summed E-state index contributed by atoms with van der Waals surface area (Å²) in [6.07, 6.45) is 0. The van der Waals surface area contributed by atoms with Crippen LogP contribution >= 0.6 is 11.3 Å². The third-order valence-corrected chi connectivity index (χ3v) is 3.58. The zero-order valence-electron chi connectivity index (χ0n) is 9.64. The fourth-order valence-electron chi connectivity index (χ4n) is 1.76. The molecule has 4 nitrogen and oxygen atoms in total. The van der Waals surface area contributed by atoms with Crippen LogP contribution in [0.1, 0.15) is 0 Å². The van der Waals surface area contributed by atoms with Gasteiger partial charge in [-0.05, 0) is 35.7 Å². The Bertz CT molecular complexity index is 744. The van der Waals surface area contributed by atoms with E-state index in [0.717, 1.165) is 16.8 Å². The fourth-order valence-corrected chi connectivity index (χ4v) is 2.48. The Balaban J connectivity index is 2.15. The Labute approximate surface area is 107 Å². The number of hydrogen-bond acceptors (Lipinski definition) is 4. The smallest absolute Gasteiger partial charge is 0.269 e. The van der Waals surface area contributed by atoms with Crippen molar-refractivity contribution >= 4 is 21.6 Å². The van der Waals surface area contributed by atoms with Crippen molar-refractivity contribution in [3.63, 3.8) is 0 Å². The van der Waals surface area contributed by atoms with Gasteiger partial charge in [0.05, 0.1) is 12.6 Å². The molecule has 0 amide bonds. The van der Waals surface area contributed by atoms with Gasteiger partial charge in [0.25, 0.3) is 5.56 Å². The van der Waals surface area contributed by atoms with Gasteiger partial charge >= 0.3 is 0 Å². The van der Waals surface area contributed by atoms with E-state index < -0.39 is 0 Å². The standard InChI is InChI=1S/C13H10N2O2S/c1-17-9-4-2-8(3-5-9)12-14-10-6-7-18-11(10)13(16)15-12/h2-7H,1H3,(H,14,15,16). The molecule has 0 radical (unpaired) electrons. The Morgan fingerprint density at radius 3 is 2.72 bits per heavy atom. The van der Waals surface area contributed by atoms with Gasteiger partial charge in [-0.25, -0.2) is 4.98 Å². The molecule has 0 bridgehead atoms. The number of H-pyrrole nitrogens is 1. The largest absolute Gasteiger partial charge is 0.497 e. The number of benzene rings is 1. The lowest BCUT2D eigenvalue weighted by Gasteiger charge is -2.03. The first-order valence-corrected chi connectivity index (χ1v) is 6.28. The van der Waals surface area contributed by atoms with Crippen LogP contribution in [0, 0.1) is 0 Å². The zero-order valence-corrected chi connectivity index (χ0v) is 10.5. The van der Waals surface area contributed by atoms with E-state index >= 15 is 0 Å². The van der Waals surface area contributed by atoms with Crippen LogP contribution in [-0.4, -0.2) is 17.1 Å². The summed E-state index contributed by atoms with van der Waals surface area (Å²) in [5, 5.41) is 1.87. The van der Waals surface area contributed by atoms with Crippen LogP contribution in [0.3, 0.4) is 0 Å². The van der Waals surface area contributed by atoms with E-state index in [1.807, 2.05) is 35.7 Å². The third kappa shape index (κ3) is 1.78. The second-order valence-corrected chi connectivity index (χ2v) is 4.69. The van der Waals surface area contributed by atoms with Gasteiger partial charge in [-0.15, -0.1) is 11.3 Å². The molecule has 5 heteroatoms. The highest BCUT2D eigenvalue weighted by Gasteiger charge is 2.06. The highest BCUT2D eigenvalue weighted by atomic mass is 32.1. The lowest BCUT2D eigenvalue weighted by atomic mass is 10.2. The molecular weight excluding hydrogens is 248 g/mol. The van der Waals surface area contributed by atoms with E-state index in [-0.39, 0.29) is 5.56 Å². The quantitative estimate of drug-likeness (QED) is 0.768. The van der Waals surface area contributed by atoms with Gasteiger partial charge in [-0.3, -0.25) is 4.79 Å². The minimum Gasteiger partial charge on any atom is -0.497 e. The summed E-state index contributed by atoms with van der Waals surface area (Å²) in [4.78, 5) is 19.1. The minimum absolute atomic E-state index is 0.0965. The van der Waals surface area contributed by atoms with Gasteiger partial charge < -0.3 is 9.72 Å². The molecule has 0 aliphatic rings. The summed E-state index contributed by atoms with van der Waals surface area (Å²) < 4.78 is 5.76. The highest BCUT2D eigenvalue weighted by molar-refractivity contribution is 7.17. The molecule has 0 aliphatic carbocycles. The maximum absolute atomic E-state index is 11.8. The Morgan fingerprint density at radius 1 is 1.22 bits per heavy atom. The van der Waals surface area contributed by atoms with Crippen molar-refractivity contribution < 1.29 is 4.74 Å². The average molecular weight is 258 g/mol. The first kappa shape index (κ1) is 11.0. The fraction of sp³-hybridized carbons (Fsp3) is 0.0769. The van der Waals surface area contributed by atoms with Crippen molar-refractivity contribution in [2.75, 3.05) is 7.11 Å². The van der Waals surface area contributed by atoms with Crippen LogP contribution in [0.25, 0.3) is 21.6 Å². The van der Waals surface area contributed by atoms with E-state index in [1.54, 1.807) is 7.11 Å². The van der Waals surface area contributed by atoms with Crippen molar-refractivity contribution in [2.24, 2.45) is 0 Å². The second-order valence-electron chi connectivity index (χ2n) is 3.78. The number of thiophene rings is 1. The van der Waals surface area contributed by atoms with E-state index in [2.05, 4.69) is 9.97 Å². The summed E-state index contributed by atoms with van der Waals surface area (Å²) in [6, 6.07) is 9.27. The van der Waals surface area contributed by atoms with Crippen molar-refractivity contribution in [1.82, 2.24) is 9.97 Å². The Hall–Kier alpha value is -2.14. The van der Waals surface area contributed by atoms with E-state index in [0.29, 0.717) is 10.5 Å². The molecule has 3 aromatic rings. The number of nitrogens with zero attached hydrogens (tertiary/aromatic N) is 1.